The third kappa shape index (κ3) is 3.82. The molecule has 2 aromatic rings. The van der Waals surface area contributed by atoms with Crippen molar-refractivity contribution in [1.29, 1.82) is 0 Å². The minimum absolute atomic E-state index is 0.0787. The molecule has 26 heavy (non-hydrogen) atoms. The number of piperidine rings is 1. The maximum Gasteiger partial charge on any atom is 0.122 e. The van der Waals surface area contributed by atoms with E-state index in [1.807, 2.05) is 24.8 Å². The number of imidazole rings is 1. The van der Waals surface area contributed by atoms with E-state index in [-0.39, 0.29) is 5.60 Å². The molecule has 1 spiro atoms. The van der Waals surface area contributed by atoms with Gasteiger partial charge >= 0.3 is 0 Å². The molecule has 4 rings (SSSR count). The minimum Gasteiger partial charge on any atom is -0.373 e. The average Bonchev–Trinajstić information content (AvgIpc) is 3.25. The van der Waals surface area contributed by atoms with Crippen molar-refractivity contribution in [2.24, 2.45) is 7.05 Å². The molecule has 0 radical (unpaired) electrons. The van der Waals surface area contributed by atoms with Gasteiger partial charge in [-0.3, -0.25) is 14.8 Å². The van der Waals surface area contributed by atoms with Gasteiger partial charge in [-0.25, -0.2) is 4.98 Å². The summed E-state index contributed by atoms with van der Waals surface area (Å²) in [6.45, 7) is 4.92. The third-order valence-corrected chi connectivity index (χ3v) is 6.05. The van der Waals surface area contributed by atoms with Gasteiger partial charge in [0.05, 0.1) is 18.8 Å². The van der Waals surface area contributed by atoms with Crippen LogP contribution in [-0.2, 0) is 24.9 Å². The van der Waals surface area contributed by atoms with Crippen LogP contribution in [0.1, 0.15) is 30.7 Å². The molecule has 0 unspecified atom stereocenters. The Morgan fingerprint density at radius 3 is 2.69 bits per heavy atom. The first-order valence-corrected chi connectivity index (χ1v) is 9.55. The van der Waals surface area contributed by atoms with Crippen molar-refractivity contribution in [3.8, 4) is 0 Å². The van der Waals surface area contributed by atoms with Gasteiger partial charge in [0.25, 0.3) is 0 Å². The normalized spacial score (nSPS) is 23.1. The van der Waals surface area contributed by atoms with Crippen molar-refractivity contribution in [1.82, 2.24) is 24.3 Å². The summed E-state index contributed by atoms with van der Waals surface area (Å²) in [4.78, 5) is 13.5. The lowest BCUT2D eigenvalue weighted by atomic mass is 9.87. The SMILES string of the molecule is CN(Cc1ccncc1)[C@@H]1COC2(CCN(Cc3nccn3C)CC2)C1. The number of nitrogens with zero attached hydrogens (tertiary/aromatic N) is 5. The van der Waals surface area contributed by atoms with Gasteiger partial charge in [0.1, 0.15) is 5.82 Å². The summed E-state index contributed by atoms with van der Waals surface area (Å²) in [5.74, 6) is 1.14. The molecular formula is C20H29N5O. The first kappa shape index (κ1) is 17.6. The fourth-order valence-corrected chi connectivity index (χ4v) is 4.22. The highest BCUT2D eigenvalue weighted by Crippen LogP contribution is 2.37. The average molecular weight is 355 g/mol. The van der Waals surface area contributed by atoms with Gasteiger partial charge in [0, 0.05) is 57.5 Å². The highest BCUT2D eigenvalue weighted by Gasteiger charge is 2.43. The van der Waals surface area contributed by atoms with Gasteiger partial charge in [-0.15, -0.1) is 0 Å². The number of rotatable bonds is 5. The van der Waals surface area contributed by atoms with Crippen molar-refractivity contribution < 1.29 is 4.74 Å². The quantitative estimate of drug-likeness (QED) is 0.822. The van der Waals surface area contributed by atoms with E-state index in [1.54, 1.807) is 0 Å². The summed E-state index contributed by atoms with van der Waals surface area (Å²) in [5.41, 5.74) is 1.39. The zero-order valence-electron chi connectivity index (χ0n) is 15.8. The van der Waals surface area contributed by atoms with Crippen molar-refractivity contribution >= 4 is 0 Å². The van der Waals surface area contributed by atoms with Crippen LogP contribution in [0.3, 0.4) is 0 Å². The Morgan fingerprint density at radius 1 is 1.23 bits per heavy atom. The van der Waals surface area contributed by atoms with Crippen LogP contribution < -0.4 is 0 Å². The van der Waals surface area contributed by atoms with E-state index in [1.165, 1.54) is 5.56 Å². The van der Waals surface area contributed by atoms with Crippen molar-refractivity contribution in [2.75, 3.05) is 26.7 Å². The van der Waals surface area contributed by atoms with Crippen LogP contribution in [0.5, 0.6) is 0 Å². The lowest BCUT2D eigenvalue weighted by Crippen LogP contribution is -2.44. The second-order valence-corrected chi connectivity index (χ2v) is 7.85. The largest absolute Gasteiger partial charge is 0.373 e. The van der Waals surface area contributed by atoms with Gasteiger partial charge in [0.15, 0.2) is 0 Å². The molecule has 0 bridgehead atoms. The number of likely N-dealkylation sites (N-methyl/N-ethyl adjacent to an activating group) is 1. The smallest absolute Gasteiger partial charge is 0.122 e. The molecule has 0 saturated carbocycles. The van der Waals surface area contributed by atoms with E-state index in [0.29, 0.717) is 6.04 Å². The standard InChI is InChI=1S/C20H29N5O/c1-23-12-9-22-19(23)15-25-10-5-20(6-11-25)13-18(16-26-20)24(2)14-17-3-7-21-8-4-17/h3-4,7-9,12,18H,5-6,10-11,13-16H2,1-2H3/t18-/m0/s1. The van der Waals surface area contributed by atoms with Gasteiger partial charge < -0.3 is 9.30 Å². The Labute approximate surface area is 155 Å². The van der Waals surface area contributed by atoms with Crippen LogP contribution in [0.25, 0.3) is 0 Å². The second kappa shape index (κ2) is 7.47. The summed E-state index contributed by atoms with van der Waals surface area (Å²) < 4.78 is 8.47. The lowest BCUT2D eigenvalue weighted by Gasteiger charge is -2.38. The predicted molar refractivity (Wildman–Crippen MR) is 101 cm³/mol. The maximum absolute atomic E-state index is 6.36. The molecule has 2 saturated heterocycles. The van der Waals surface area contributed by atoms with E-state index in [2.05, 4.69) is 50.6 Å². The molecule has 2 fully saturated rings. The van der Waals surface area contributed by atoms with Crippen molar-refractivity contribution in [3.63, 3.8) is 0 Å². The molecule has 2 aromatic heterocycles. The highest BCUT2D eigenvalue weighted by atomic mass is 16.5. The summed E-state index contributed by atoms with van der Waals surface area (Å²) in [6.07, 6.45) is 11.0. The van der Waals surface area contributed by atoms with E-state index >= 15 is 0 Å². The van der Waals surface area contributed by atoms with Crippen LogP contribution >= 0.6 is 0 Å². The molecule has 0 aromatic carbocycles. The van der Waals surface area contributed by atoms with E-state index < -0.39 is 0 Å². The molecule has 4 heterocycles. The molecule has 1 atom stereocenters. The number of hydrogen-bond acceptors (Lipinski definition) is 5. The predicted octanol–water partition coefficient (Wildman–Crippen LogP) is 2.07. The van der Waals surface area contributed by atoms with Gasteiger partial charge in [-0.1, -0.05) is 0 Å². The molecule has 2 aliphatic rings. The Balaban J connectivity index is 1.29. The van der Waals surface area contributed by atoms with Gasteiger partial charge in [-0.05, 0) is 44.0 Å². The molecular weight excluding hydrogens is 326 g/mol. The topological polar surface area (TPSA) is 46.4 Å². The number of likely N-dealkylation sites (tertiary alicyclic amines) is 1. The molecule has 140 valence electrons. The lowest BCUT2D eigenvalue weighted by molar-refractivity contribution is -0.0457. The fourth-order valence-electron chi connectivity index (χ4n) is 4.22. The molecule has 0 amide bonds. The Bertz CT molecular complexity index is 708. The van der Waals surface area contributed by atoms with Crippen LogP contribution in [0.15, 0.2) is 36.9 Å². The van der Waals surface area contributed by atoms with Crippen LogP contribution in [0.2, 0.25) is 0 Å². The zero-order chi connectivity index (χ0) is 18.0. The molecule has 2 aliphatic heterocycles. The molecule has 6 nitrogen and oxygen atoms in total. The summed E-state index contributed by atoms with van der Waals surface area (Å²) >= 11 is 0. The van der Waals surface area contributed by atoms with Crippen molar-refractivity contribution in [3.05, 3.63) is 48.3 Å². The Hall–Kier alpha value is -1.76. The summed E-state index contributed by atoms with van der Waals surface area (Å²) in [7, 11) is 4.28. The van der Waals surface area contributed by atoms with Gasteiger partial charge in [0.2, 0.25) is 0 Å². The highest BCUT2D eigenvalue weighted by molar-refractivity contribution is 5.10. The zero-order valence-corrected chi connectivity index (χ0v) is 15.8. The van der Waals surface area contributed by atoms with Crippen molar-refractivity contribution in [2.45, 2.75) is 44.0 Å². The molecule has 0 aliphatic carbocycles. The monoisotopic (exact) mass is 355 g/mol. The van der Waals surface area contributed by atoms with E-state index in [0.717, 1.165) is 57.9 Å². The molecule has 6 heteroatoms. The first-order chi connectivity index (χ1) is 12.6. The van der Waals surface area contributed by atoms with E-state index in [4.69, 9.17) is 4.74 Å². The number of aromatic nitrogens is 3. The maximum atomic E-state index is 6.36. The second-order valence-electron chi connectivity index (χ2n) is 7.85. The van der Waals surface area contributed by atoms with Crippen LogP contribution in [0, 0.1) is 0 Å². The number of aryl methyl sites for hydroxylation is 1. The van der Waals surface area contributed by atoms with Crippen LogP contribution in [-0.4, -0.2) is 62.7 Å². The first-order valence-electron chi connectivity index (χ1n) is 9.55. The summed E-state index contributed by atoms with van der Waals surface area (Å²) in [5, 5.41) is 0. The summed E-state index contributed by atoms with van der Waals surface area (Å²) in [6, 6.07) is 4.69. The Morgan fingerprint density at radius 2 is 2.00 bits per heavy atom. The Kier molecular flexibility index (Phi) is 5.07. The van der Waals surface area contributed by atoms with E-state index in [9.17, 15) is 0 Å². The molecule has 0 N–H and O–H groups in total. The number of hydrogen-bond donors (Lipinski definition) is 0. The van der Waals surface area contributed by atoms with Crippen LogP contribution in [0.4, 0.5) is 0 Å². The number of ether oxygens (including phenoxy) is 1. The minimum atomic E-state index is 0.0787. The third-order valence-electron chi connectivity index (χ3n) is 6.05. The fraction of sp³-hybridized carbons (Fsp3) is 0.600. The van der Waals surface area contributed by atoms with Gasteiger partial charge in [-0.2, -0.15) is 0 Å². The number of pyridine rings is 1.